The molecule has 0 N–H and O–H groups in total. The summed E-state index contributed by atoms with van der Waals surface area (Å²) in [5, 5.41) is 2.35. The van der Waals surface area contributed by atoms with Gasteiger partial charge in [-0.25, -0.2) is 0 Å². The van der Waals surface area contributed by atoms with Crippen molar-refractivity contribution in [1.29, 1.82) is 0 Å². The van der Waals surface area contributed by atoms with E-state index in [1.54, 1.807) is 12.1 Å². The fraction of sp³-hybridized carbons (Fsp3) is 0.250. The second-order valence-corrected chi connectivity index (χ2v) is 4.78. The molecule has 76 valence electrons. The third-order valence-electron chi connectivity index (χ3n) is 1.78. The molecule has 0 radical (unpaired) electrons. The van der Waals surface area contributed by atoms with Gasteiger partial charge in [0.25, 0.3) is 10.0 Å². The van der Waals surface area contributed by atoms with E-state index in [0.717, 1.165) is 12.6 Å². The molecule has 0 aliphatic carbocycles. The highest BCUT2D eigenvalue weighted by molar-refractivity contribution is 7.89. The fourth-order valence-corrected chi connectivity index (χ4v) is 1.78. The molecule has 1 aromatic rings. The Labute approximate surface area is 82.3 Å². The monoisotopic (exact) mass is 215 g/mol. The second kappa shape index (κ2) is 3.75. The van der Waals surface area contributed by atoms with E-state index in [1.807, 2.05) is 6.92 Å². The van der Waals surface area contributed by atoms with Crippen LogP contribution >= 0.6 is 0 Å². The Hall–Kier alpha value is -1.43. The van der Waals surface area contributed by atoms with Crippen LogP contribution in [0.1, 0.15) is 5.56 Å². The van der Waals surface area contributed by atoms with Crippen molar-refractivity contribution in [2.24, 2.45) is 5.29 Å². The van der Waals surface area contributed by atoms with Crippen LogP contribution in [0.4, 0.5) is 0 Å². The zero-order valence-electron chi connectivity index (χ0n) is 7.84. The van der Waals surface area contributed by atoms with Crippen LogP contribution < -0.4 is 0 Å². The van der Waals surface area contributed by atoms with Crippen LogP contribution in [0.25, 0.3) is 0 Å². The Morgan fingerprint density at radius 1 is 1.21 bits per heavy atom. The summed E-state index contributed by atoms with van der Waals surface area (Å²) in [6.07, 6.45) is 0. The molecule has 0 aliphatic rings. The molecule has 0 atom stereocenters. The number of hydrogen-bond acceptors (Lipinski definition) is 4. The van der Waals surface area contributed by atoms with Crippen molar-refractivity contribution in [2.45, 2.75) is 11.8 Å². The lowest BCUT2D eigenvalue weighted by molar-refractivity contribution is 0.486. The summed E-state index contributed by atoms with van der Waals surface area (Å²) in [6.45, 7) is 1.85. The molecular weight excluding hydrogens is 205 g/mol. The molecule has 0 aliphatic heterocycles. The Morgan fingerprint density at radius 2 is 1.71 bits per heavy atom. The molecule has 14 heavy (non-hydrogen) atoms. The minimum atomic E-state index is -3.75. The molecule has 0 amide bonds. The van der Waals surface area contributed by atoms with E-state index < -0.39 is 10.0 Å². The summed E-state index contributed by atoms with van der Waals surface area (Å²) in [7, 11) is -2.65. The summed E-state index contributed by atoms with van der Waals surface area (Å²) in [6, 6.07) is 6.19. The van der Waals surface area contributed by atoms with Gasteiger partial charge in [0.05, 0.1) is 10.2 Å². The van der Waals surface area contributed by atoms with Crippen molar-refractivity contribution in [3.8, 4) is 0 Å². The van der Waals surface area contributed by atoms with Gasteiger partial charge in [0, 0.05) is 7.05 Å². The van der Waals surface area contributed by atoms with Crippen molar-refractivity contribution >= 4 is 10.0 Å². The smallest absolute Gasteiger partial charge is 0.200 e. The molecule has 6 heteroatoms. The van der Waals surface area contributed by atoms with Crippen molar-refractivity contribution in [2.75, 3.05) is 7.05 Å². The Morgan fingerprint density at radius 3 is 2.14 bits per heavy atom. The Kier molecular flexibility index (Phi) is 2.85. The third-order valence-corrected chi connectivity index (χ3v) is 3.41. The molecule has 0 fully saturated rings. The first-order valence-electron chi connectivity index (χ1n) is 3.87. The van der Waals surface area contributed by atoms with Crippen LogP contribution in [0.2, 0.25) is 0 Å². The zero-order valence-corrected chi connectivity index (χ0v) is 8.65. The largest absolute Gasteiger partial charge is 0.281 e. The second-order valence-electron chi connectivity index (χ2n) is 2.83. The number of rotatable bonds is 3. The van der Waals surface area contributed by atoms with Gasteiger partial charge < -0.3 is 0 Å². The third kappa shape index (κ3) is 1.90. The minimum absolute atomic E-state index is 0.0604. The average Bonchev–Trinajstić information content (AvgIpc) is 2.17. The normalized spacial score (nSPS) is 11.0. The highest BCUT2D eigenvalue weighted by Crippen LogP contribution is 2.14. The molecule has 1 rings (SSSR count). The average molecular weight is 215 g/mol. The van der Waals surface area contributed by atoms with Gasteiger partial charge in [-0.1, -0.05) is 17.7 Å². The van der Waals surface area contributed by atoms with Gasteiger partial charge in [0.2, 0.25) is 0 Å². The Balaban J connectivity index is 3.17. The molecule has 0 bridgehead atoms. The molecular formula is C8H10N2O3S. The predicted octanol–water partition coefficient (Wildman–Crippen LogP) is 1.30. The van der Waals surface area contributed by atoms with Crippen LogP contribution in [0.15, 0.2) is 34.4 Å². The molecule has 0 aromatic heterocycles. The summed E-state index contributed by atoms with van der Waals surface area (Å²) in [5.74, 6) is 0. The Bertz CT molecular complexity index is 424. The number of sulfonamides is 1. The molecule has 0 heterocycles. The van der Waals surface area contributed by atoms with Crippen LogP contribution in [0, 0.1) is 11.8 Å². The molecule has 5 nitrogen and oxygen atoms in total. The molecule has 0 saturated heterocycles. The van der Waals surface area contributed by atoms with Crippen LogP contribution in [-0.2, 0) is 10.0 Å². The quantitative estimate of drug-likeness (QED) is 0.433. The van der Waals surface area contributed by atoms with E-state index >= 15 is 0 Å². The van der Waals surface area contributed by atoms with Crippen molar-refractivity contribution in [3.05, 3.63) is 34.7 Å². The highest BCUT2D eigenvalue weighted by Gasteiger charge is 2.19. The maximum absolute atomic E-state index is 11.5. The number of nitroso groups, excluding NO2 is 1. The minimum Gasteiger partial charge on any atom is -0.200 e. The maximum atomic E-state index is 11.5. The summed E-state index contributed by atoms with van der Waals surface area (Å²) in [4.78, 5) is 10.1. The van der Waals surface area contributed by atoms with E-state index in [0.29, 0.717) is 4.41 Å². The van der Waals surface area contributed by atoms with Gasteiger partial charge in [-0.3, -0.25) is 0 Å². The molecule has 0 spiro atoms. The maximum Gasteiger partial charge on any atom is 0.281 e. The van der Waals surface area contributed by atoms with Crippen LogP contribution in [-0.4, -0.2) is 19.9 Å². The van der Waals surface area contributed by atoms with Crippen LogP contribution in [0.3, 0.4) is 0 Å². The highest BCUT2D eigenvalue weighted by atomic mass is 32.2. The van der Waals surface area contributed by atoms with Gasteiger partial charge in [-0.05, 0) is 19.1 Å². The SMILES string of the molecule is Cc1ccc(S(=O)(=O)N([13CH3])N=O)cc1. The molecule has 0 unspecified atom stereocenters. The lowest BCUT2D eigenvalue weighted by Crippen LogP contribution is -2.20. The van der Waals surface area contributed by atoms with Gasteiger partial charge in [-0.2, -0.15) is 12.8 Å². The van der Waals surface area contributed by atoms with E-state index in [9.17, 15) is 13.3 Å². The standard InChI is InChI=1S/C8H10N2O3S/c1-7-3-5-8(6-4-7)14(12,13)10(2)9-11/h3-6H,1-2H3/i2+1. The summed E-state index contributed by atoms with van der Waals surface area (Å²) in [5.41, 5.74) is 0.950. The number of aryl methyl sites for hydroxylation is 1. The first-order valence-corrected chi connectivity index (χ1v) is 5.31. The lowest BCUT2D eigenvalue weighted by Gasteiger charge is -2.09. The number of benzene rings is 1. The topological polar surface area (TPSA) is 66.8 Å². The molecule has 0 saturated carbocycles. The van der Waals surface area contributed by atoms with Crippen LogP contribution in [0.5, 0.6) is 0 Å². The van der Waals surface area contributed by atoms with E-state index in [1.165, 1.54) is 12.1 Å². The summed E-state index contributed by atoms with van der Waals surface area (Å²) >= 11 is 0. The van der Waals surface area contributed by atoms with Gasteiger partial charge in [-0.15, -0.1) is 4.91 Å². The predicted molar refractivity (Wildman–Crippen MR) is 51.9 cm³/mol. The van der Waals surface area contributed by atoms with Crippen molar-refractivity contribution in [3.63, 3.8) is 0 Å². The fourth-order valence-electron chi connectivity index (χ4n) is 0.907. The first-order chi connectivity index (χ1) is 6.48. The van der Waals surface area contributed by atoms with E-state index in [-0.39, 0.29) is 4.90 Å². The van der Waals surface area contributed by atoms with Gasteiger partial charge in [0.15, 0.2) is 0 Å². The first kappa shape index (κ1) is 10.6. The number of nitrogens with zero attached hydrogens (tertiary/aromatic N) is 2. The van der Waals surface area contributed by atoms with Gasteiger partial charge in [0.1, 0.15) is 0 Å². The van der Waals surface area contributed by atoms with Gasteiger partial charge >= 0.3 is 0 Å². The van der Waals surface area contributed by atoms with Crippen molar-refractivity contribution < 1.29 is 8.42 Å². The number of hydrogen-bond donors (Lipinski definition) is 0. The zero-order chi connectivity index (χ0) is 10.8. The van der Waals surface area contributed by atoms with E-state index in [4.69, 9.17) is 0 Å². The molecule has 1 aromatic carbocycles. The van der Waals surface area contributed by atoms with Crippen molar-refractivity contribution in [1.82, 2.24) is 4.41 Å². The lowest BCUT2D eigenvalue weighted by atomic mass is 10.2. The summed E-state index contributed by atoms with van der Waals surface area (Å²) < 4.78 is 23.4. The van der Waals surface area contributed by atoms with E-state index in [2.05, 4.69) is 5.29 Å².